The topological polar surface area (TPSA) is 50.4 Å². The fourth-order valence-electron chi connectivity index (χ4n) is 0.969. The van der Waals surface area contributed by atoms with Gasteiger partial charge in [0.15, 0.2) is 0 Å². The molecule has 0 atom stereocenters. The molecule has 0 heterocycles. The summed E-state index contributed by atoms with van der Waals surface area (Å²) in [6.07, 6.45) is 2.84. The number of carbonyl (C=O) groups is 1. The second-order valence-corrected chi connectivity index (χ2v) is 3.54. The van der Waals surface area contributed by atoms with E-state index in [1.807, 2.05) is 13.8 Å². The van der Waals surface area contributed by atoms with E-state index in [2.05, 4.69) is 17.2 Å². The quantitative estimate of drug-likeness (QED) is 0.438. The van der Waals surface area contributed by atoms with Gasteiger partial charge in [-0.05, 0) is 20.3 Å². The first-order valence-electron chi connectivity index (χ1n) is 5.36. The molecule has 0 aromatic heterocycles. The van der Waals surface area contributed by atoms with Crippen LogP contribution in [-0.4, -0.2) is 38.3 Å². The van der Waals surface area contributed by atoms with Crippen molar-refractivity contribution in [3.63, 3.8) is 0 Å². The predicted molar refractivity (Wildman–Crippen MR) is 61.8 cm³/mol. The smallest absolute Gasteiger partial charge is 0.233 e. The minimum atomic E-state index is 0.0152. The van der Waals surface area contributed by atoms with Crippen molar-refractivity contribution in [1.82, 2.24) is 10.6 Å². The highest BCUT2D eigenvalue weighted by Gasteiger charge is 1.98. The van der Waals surface area contributed by atoms with Gasteiger partial charge in [-0.1, -0.05) is 6.08 Å². The van der Waals surface area contributed by atoms with Crippen molar-refractivity contribution in [2.45, 2.75) is 26.4 Å². The second-order valence-electron chi connectivity index (χ2n) is 3.54. The summed E-state index contributed by atoms with van der Waals surface area (Å²) in [6.45, 7) is 9.91. The molecule has 4 heteroatoms. The summed E-state index contributed by atoms with van der Waals surface area (Å²) in [7, 11) is 0. The summed E-state index contributed by atoms with van der Waals surface area (Å²) in [6, 6.07) is 0. The Morgan fingerprint density at radius 2 is 2.27 bits per heavy atom. The van der Waals surface area contributed by atoms with Gasteiger partial charge < -0.3 is 15.4 Å². The Hall–Kier alpha value is -0.870. The molecule has 0 aliphatic heterocycles. The molecule has 0 radical (unpaired) electrons. The van der Waals surface area contributed by atoms with Gasteiger partial charge in [0.05, 0.1) is 12.6 Å². The van der Waals surface area contributed by atoms with E-state index in [4.69, 9.17) is 4.74 Å². The zero-order chi connectivity index (χ0) is 11.5. The number of nitrogens with one attached hydrogen (secondary N) is 2. The van der Waals surface area contributed by atoms with Crippen molar-refractivity contribution in [3.05, 3.63) is 12.7 Å². The van der Waals surface area contributed by atoms with E-state index < -0.39 is 0 Å². The van der Waals surface area contributed by atoms with Crippen molar-refractivity contribution in [2.75, 3.05) is 26.2 Å². The average molecular weight is 214 g/mol. The molecule has 0 saturated carbocycles. The van der Waals surface area contributed by atoms with Gasteiger partial charge in [0.2, 0.25) is 5.91 Å². The van der Waals surface area contributed by atoms with Crippen LogP contribution < -0.4 is 10.6 Å². The summed E-state index contributed by atoms with van der Waals surface area (Å²) in [5.41, 5.74) is 0. The zero-order valence-electron chi connectivity index (χ0n) is 9.71. The third kappa shape index (κ3) is 11.1. The van der Waals surface area contributed by atoms with Crippen molar-refractivity contribution < 1.29 is 9.53 Å². The lowest BCUT2D eigenvalue weighted by molar-refractivity contribution is -0.120. The lowest BCUT2D eigenvalue weighted by atomic mass is 10.4. The molecule has 0 aliphatic carbocycles. The summed E-state index contributed by atoms with van der Waals surface area (Å²) in [5, 5.41) is 5.73. The number of hydrogen-bond acceptors (Lipinski definition) is 3. The zero-order valence-corrected chi connectivity index (χ0v) is 9.71. The lowest BCUT2D eigenvalue weighted by Crippen LogP contribution is -2.34. The summed E-state index contributed by atoms with van der Waals surface area (Å²) < 4.78 is 5.34. The highest BCUT2D eigenvalue weighted by atomic mass is 16.5. The maximum atomic E-state index is 11.2. The minimum Gasteiger partial charge on any atom is -0.379 e. The van der Waals surface area contributed by atoms with Gasteiger partial charge in [0.1, 0.15) is 0 Å². The number of carbonyl (C=O) groups excluding carboxylic acids is 1. The first-order valence-corrected chi connectivity index (χ1v) is 5.36. The van der Waals surface area contributed by atoms with Crippen molar-refractivity contribution in [2.24, 2.45) is 0 Å². The van der Waals surface area contributed by atoms with Crippen molar-refractivity contribution in [3.8, 4) is 0 Å². The third-order valence-electron chi connectivity index (χ3n) is 1.67. The van der Waals surface area contributed by atoms with Crippen LogP contribution in [0.25, 0.3) is 0 Å². The third-order valence-corrected chi connectivity index (χ3v) is 1.67. The molecule has 0 saturated heterocycles. The first kappa shape index (κ1) is 14.1. The van der Waals surface area contributed by atoms with Crippen LogP contribution in [0.15, 0.2) is 12.7 Å². The van der Waals surface area contributed by atoms with Crippen molar-refractivity contribution in [1.29, 1.82) is 0 Å². The molecule has 2 N–H and O–H groups in total. The van der Waals surface area contributed by atoms with Gasteiger partial charge in [-0.25, -0.2) is 0 Å². The molecule has 0 bridgehead atoms. The Morgan fingerprint density at radius 3 is 2.87 bits per heavy atom. The fourth-order valence-corrected chi connectivity index (χ4v) is 0.969. The predicted octanol–water partition coefficient (Wildman–Crippen LogP) is 0.693. The van der Waals surface area contributed by atoms with Crippen LogP contribution in [0, 0.1) is 0 Å². The van der Waals surface area contributed by atoms with Gasteiger partial charge in [-0.15, -0.1) is 6.58 Å². The number of amides is 1. The van der Waals surface area contributed by atoms with E-state index in [0.29, 0.717) is 26.2 Å². The largest absolute Gasteiger partial charge is 0.379 e. The summed E-state index contributed by atoms with van der Waals surface area (Å²) in [5.74, 6) is 0.0152. The standard InChI is InChI=1S/C11H22N2O2/c1-4-6-12-9-11(14)13-7-5-8-15-10(2)3/h4,10,12H,1,5-9H2,2-3H3,(H,13,14). The molecule has 0 rings (SSSR count). The van der Waals surface area contributed by atoms with Crippen LogP contribution >= 0.6 is 0 Å². The second kappa shape index (κ2) is 9.68. The van der Waals surface area contributed by atoms with Crippen LogP contribution in [0.5, 0.6) is 0 Å². The first-order chi connectivity index (χ1) is 7.16. The van der Waals surface area contributed by atoms with Gasteiger partial charge in [0, 0.05) is 19.7 Å². The van der Waals surface area contributed by atoms with E-state index in [0.717, 1.165) is 6.42 Å². The van der Waals surface area contributed by atoms with Crippen molar-refractivity contribution >= 4 is 5.91 Å². The summed E-state index contributed by atoms with van der Waals surface area (Å²) in [4.78, 5) is 11.2. The Morgan fingerprint density at radius 1 is 1.53 bits per heavy atom. The van der Waals surface area contributed by atoms with Gasteiger partial charge >= 0.3 is 0 Å². The van der Waals surface area contributed by atoms with Gasteiger partial charge in [0.25, 0.3) is 0 Å². The maximum Gasteiger partial charge on any atom is 0.233 e. The van der Waals surface area contributed by atoms with E-state index >= 15 is 0 Å². The molecule has 0 aromatic carbocycles. The fraction of sp³-hybridized carbons (Fsp3) is 0.727. The maximum absolute atomic E-state index is 11.2. The van der Waals surface area contributed by atoms with E-state index in [1.54, 1.807) is 6.08 Å². The Labute approximate surface area is 92.1 Å². The number of hydrogen-bond donors (Lipinski definition) is 2. The van der Waals surface area contributed by atoms with Crippen LogP contribution in [0.4, 0.5) is 0 Å². The van der Waals surface area contributed by atoms with Gasteiger partial charge in [-0.3, -0.25) is 4.79 Å². The SMILES string of the molecule is C=CCNCC(=O)NCCCOC(C)C. The number of rotatable bonds is 9. The molecule has 15 heavy (non-hydrogen) atoms. The van der Waals surface area contributed by atoms with Crippen LogP contribution in [0.1, 0.15) is 20.3 Å². The molecule has 0 fully saturated rings. The van der Waals surface area contributed by atoms with E-state index in [1.165, 1.54) is 0 Å². The summed E-state index contributed by atoms with van der Waals surface area (Å²) >= 11 is 0. The van der Waals surface area contributed by atoms with E-state index in [9.17, 15) is 4.79 Å². The molecule has 88 valence electrons. The minimum absolute atomic E-state index is 0.0152. The van der Waals surface area contributed by atoms with Crippen LogP contribution in [-0.2, 0) is 9.53 Å². The number of ether oxygens (including phenoxy) is 1. The Balaban J connectivity index is 3.20. The average Bonchev–Trinajstić information content (AvgIpc) is 2.17. The highest BCUT2D eigenvalue weighted by Crippen LogP contribution is 1.88. The lowest BCUT2D eigenvalue weighted by Gasteiger charge is -2.08. The molecule has 0 aromatic rings. The highest BCUT2D eigenvalue weighted by molar-refractivity contribution is 5.77. The van der Waals surface area contributed by atoms with Crippen LogP contribution in [0.2, 0.25) is 0 Å². The van der Waals surface area contributed by atoms with Gasteiger partial charge in [-0.2, -0.15) is 0 Å². The molecule has 1 amide bonds. The normalized spacial score (nSPS) is 10.3. The molecule has 4 nitrogen and oxygen atoms in total. The molecular formula is C11H22N2O2. The monoisotopic (exact) mass is 214 g/mol. The molecule has 0 unspecified atom stereocenters. The van der Waals surface area contributed by atoms with Crippen LogP contribution in [0.3, 0.4) is 0 Å². The Bertz CT molecular complexity index is 181. The molecular weight excluding hydrogens is 192 g/mol. The molecule has 0 spiro atoms. The van der Waals surface area contributed by atoms with E-state index in [-0.39, 0.29) is 12.0 Å². The Kier molecular flexibility index (Phi) is 9.11. The molecule has 0 aliphatic rings.